The molecule has 1 saturated carbocycles. The molecule has 1 fully saturated rings. The van der Waals surface area contributed by atoms with Gasteiger partial charge < -0.3 is 5.73 Å². The highest BCUT2D eigenvalue weighted by molar-refractivity contribution is 5.28. The van der Waals surface area contributed by atoms with E-state index in [-0.39, 0.29) is 6.04 Å². The Hall–Kier alpha value is -0.960. The highest BCUT2D eigenvalue weighted by Gasteiger charge is 2.23. The molecule has 88 valence electrons. The number of rotatable bonds is 3. The van der Waals surface area contributed by atoms with Crippen LogP contribution in [0, 0.1) is 24.5 Å². The van der Waals surface area contributed by atoms with Crippen LogP contribution in [0.5, 0.6) is 0 Å². The lowest BCUT2D eigenvalue weighted by atomic mass is 9.79. The first-order chi connectivity index (χ1) is 7.58. The van der Waals surface area contributed by atoms with Crippen LogP contribution in [0.15, 0.2) is 12.1 Å². The van der Waals surface area contributed by atoms with Crippen molar-refractivity contribution in [2.24, 2.45) is 11.7 Å². The van der Waals surface area contributed by atoms with E-state index in [9.17, 15) is 8.78 Å². The fourth-order valence-corrected chi connectivity index (χ4v) is 2.18. The number of hydrogen-bond acceptors (Lipinski definition) is 1. The summed E-state index contributed by atoms with van der Waals surface area (Å²) in [6.07, 6.45) is 4.44. The largest absolute Gasteiger partial charge is 0.324 e. The highest BCUT2D eigenvalue weighted by Crippen LogP contribution is 2.34. The molecular formula is C13H17F2N. The van der Waals surface area contributed by atoms with Crippen molar-refractivity contribution in [3.05, 3.63) is 34.9 Å². The highest BCUT2D eigenvalue weighted by atomic mass is 19.1. The molecule has 1 atom stereocenters. The predicted octanol–water partition coefficient (Wildman–Crippen LogP) is 3.46. The smallest absolute Gasteiger partial charge is 0.130 e. The molecule has 1 unspecified atom stereocenters. The summed E-state index contributed by atoms with van der Waals surface area (Å²) in [5, 5.41) is 0. The number of nitrogens with two attached hydrogens (primary N) is 1. The van der Waals surface area contributed by atoms with Gasteiger partial charge in [0, 0.05) is 17.7 Å². The van der Waals surface area contributed by atoms with Crippen molar-refractivity contribution >= 4 is 0 Å². The molecule has 16 heavy (non-hydrogen) atoms. The minimum Gasteiger partial charge on any atom is -0.324 e. The van der Waals surface area contributed by atoms with Crippen LogP contribution in [0.25, 0.3) is 0 Å². The molecule has 0 amide bonds. The fraction of sp³-hybridized carbons (Fsp3) is 0.538. The van der Waals surface area contributed by atoms with Crippen LogP contribution >= 0.6 is 0 Å². The van der Waals surface area contributed by atoms with Crippen LogP contribution in [0.1, 0.15) is 42.9 Å². The molecule has 3 heteroatoms. The van der Waals surface area contributed by atoms with Gasteiger partial charge in [-0.05, 0) is 30.9 Å². The van der Waals surface area contributed by atoms with Crippen molar-refractivity contribution < 1.29 is 8.78 Å². The number of aryl methyl sites for hydroxylation is 1. The Kier molecular flexibility index (Phi) is 3.24. The first kappa shape index (κ1) is 11.5. The zero-order valence-electron chi connectivity index (χ0n) is 9.47. The Labute approximate surface area is 94.7 Å². The second kappa shape index (κ2) is 4.50. The molecule has 0 aromatic heterocycles. The summed E-state index contributed by atoms with van der Waals surface area (Å²) in [5.74, 6) is -0.397. The number of hydrogen-bond donors (Lipinski definition) is 1. The second-order valence-electron chi connectivity index (χ2n) is 4.76. The predicted molar refractivity (Wildman–Crippen MR) is 60.0 cm³/mol. The molecular weight excluding hydrogens is 208 g/mol. The van der Waals surface area contributed by atoms with Crippen molar-refractivity contribution in [3.8, 4) is 0 Å². The average molecular weight is 225 g/mol. The van der Waals surface area contributed by atoms with Gasteiger partial charge in [0.1, 0.15) is 11.6 Å². The van der Waals surface area contributed by atoms with E-state index in [1.807, 2.05) is 0 Å². The molecule has 0 spiro atoms. The maximum atomic E-state index is 13.5. The van der Waals surface area contributed by atoms with Crippen molar-refractivity contribution in [1.29, 1.82) is 0 Å². The fourth-order valence-electron chi connectivity index (χ4n) is 2.18. The van der Waals surface area contributed by atoms with E-state index in [2.05, 4.69) is 0 Å². The zero-order chi connectivity index (χ0) is 11.7. The normalized spacial score (nSPS) is 18.2. The lowest BCUT2D eigenvalue weighted by Crippen LogP contribution is -2.21. The van der Waals surface area contributed by atoms with Crippen LogP contribution in [0.3, 0.4) is 0 Å². The van der Waals surface area contributed by atoms with E-state index < -0.39 is 11.6 Å². The third-order valence-electron chi connectivity index (χ3n) is 3.49. The second-order valence-corrected chi connectivity index (χ2v) is 4.76. The molecule has 2 N–H and O–H groups in total. The third kappa shape index (κ3) is 2.24. The summed E-state index contributed by atoms with van der Waals surface area (Å²) in [4.78, 5) is 0. The van der Waals surface area contributed by atoms with Crippen LogP contribution in [0.4, 0.5) is 8.78 Å². The summed E-state index contributed by atoms with van der Waals surface area (Å²) in [6, 6.07) is 2.17. The van der Waals surface area contributed by atoms with Gasteiger partial charge in [0.15, 0.2) is 0 Å². The standard InChI is InChI=1S/C13H17F2N/c1-8-5-10(12(15)7-11(8)14)13(16)6-9-3-2-4-9/h5,7,9,13H,2-4,6,16H2,1H3. The Balaban J connectivity index is 2.14. The average Bonchev–Trinajstić information content (AvgIpc) is 2.17. The van der Waals surface area contributed by atoms with E-state index in [0.717, 1.165) is 12.5 Å². The Bertz CT molecular complexity index is 386. The lowest BCUT2D eigenvalue weighted by Gasteiger charge is -2.28. The van der Waals surface area contributed by atoms with Crippen LogP contribution in [-0.4, -0.2) is 0 Å². The summed E-state index contributed by atoms with van der Waals surface area (Å²) < 4.78 is 26.6. The molecule has 1 nitrogen and oxygen atoms in total. The van der Waals surface area contributed by atoms with Gasteiger partial charge in [-0.2, -0.15) is 0 Å². The van der Waals surface area contributed by atoms with Crippen LogP contribution < -0.4 is 5.73 Å². The van der Waals surface area contributed by atoms with E-state index in [4.69, 9.17) is 5.73 Å². The molecule has 0 aliphatic heterocycles. The SMILES string of the molecule is Cc1cc(C(N)CC2CCC2)c(F)cc1F. The molecule has 1 aromatic carbocycles. The molecule has 1 aromatic rings. The monoisotopic (exact) mass is 225 g/mol. The number of halogens is 2. The topological polar surface area (TPSA) is 26.0 Å². The summed E-state index contributed by atoms with van der Waals surface area (Å²) in [7, 11) is 0. The van der Waals surface area contributed by atoms with Crippen molar-refractivity contribution in [1.82, 2.24) is 0 Å². The maximum absolute atomic E-state index is 13.5. The Morgan fingerprint density at radius 2 is 2.00 bits per heavy atom. The molecule has 0 radical (unpaired) electrons. The Morgan fingerprint density at radius 1 is 1.31 bits per heavy atom. The molecule has 0 heterocycles. The van der Waals surface area contributed by atoms with Gasteiger partial charge >= 0.3 is 0 Å². The Morgan fingerprint density at radius 3 is 2.56 bits per heavy atom. The van der Waals surface area contributed by atoms with Gasteiger partial charge in [0.2, 0.25) is 0 Å². The van der Waals surface area contributed by atoms with Gasteiger partial charge in [-0.3, -0.25) is 0 Å². The van der Waals surface area contributed by atoms with E-state index in [1.165, 1.54) is 25.3 Å². The van der Waals surface area contributed by atoms with E-state index in [1.54, 1.807) is 6.92 Å². The minimum atomic E-state index is -0.519. The van der Waals surface area contributed by atoms with Gasteiger partial charge in [-0.25, -0.2) is 8.78 Å². The number of benzene rings is 1. The maximum Gasteiger partial charge on any atom is 0.130 e. The van der Waals surface area contributed by atoms with E-state index >= 15 is 0 Å². The van der Waals surface area contributed by atoms with Gasteiger partial charge in [0.25, 0.3) is 0 Å². The van der Waals surface area contributed by atoms with Crippen LogP contribution in [-0.2, 0) is 0 Å². The third-order valence-corrected chi connectivity index (χ3v) is 3.49. The minimum absolute atomic E-state index is 0.301. The van der Waals surface area contributed by atoms with Crippen LogP contribution in [0.2, 0.25) is 0 Å². The van der Waals surface area contributed by atoms with Crippen molar-refractivity contribution in [3.63, 3.8) is 0 Å². The molecule has 1 aliphatic rings. The lowest BCUT2D eigenvalue weighted by molar-refractivity contribution is 0.275. The molecule has 2 rings (SSSR count). The summed E-state index contributed by atoms with van der Waals surface area (Å²) in [5.41, 5.74) is 6.87. The molecule has 0 saturated heterocycles. The quantitative estimate of drug-likeness (QED) is 0.837. The summed E-state index contributed by atoms with van der Waals surface area (Å²) >= 11 is 0. The van der Waals surface area contributed by atoms with Gasteiger partial charge in [-0.15, -0.1) is 0 Å². The first-order valence-corrected chi connectivity index (χ1v) is 5.79. The van der Waals surface area contributed by atoms with E-state index in [0.29, 0.717) is 17.0 Å². The molecule has 0 bridgehead atoms. The molecule has 1 aliphatic carbocycles. The zero-order valence-corrected chi connectivity index (χ0v) is 9.47. The summed E-state index contributed by atoms with van der Waals surface area (Å²) in [6.45, 7) is 1.63. The van der Waals surface area contributed by atoms with Gasteiger partial charge in [-0.1, -0.05) is 19.3 Å². The van der Waals surface area contributed by atoms with Crippen molar-refractivity contribution in [2.45, 2.75) is 38.6 Å². The van der Waals surface area contributed by atoms with Crippen molar-refractivity contribution in [2.75, 3.05) is 0 Å². The van der Waals surface area contributed by atoms with Gasteiger partial charge in [0.05, 0.1) is 0 Å². The first-order valence-electron chi connectivity index (χ1n) is 5.79.